The van der Waals surface area contributed by atoms with Crippen molar-refractivity contribution in [1.29, 1.82) is 0 Å². The van der Waals surface area contributed by atoms with Gasteiger partial charge in [0.1, 0.15) is 10.8 Å². The molecule has 1 heterocycles. The number of benzene rings is 2. The maximum absolute atomic E-state index is 15.0. The summed E-state index contributed by atoms with van der Waals surface area (Å²) in [5.41, 5.74) is -2.30. The van der Waals surface area contributed by atoms with Gasteiger partial charge in [-0.3, -0.25) is 14.4 Å². The average molecular weight is 497 g/mol. The van der Waals surface area contributed by atoms with Gasteiger partial charge in [-0.2, -0.15) is 10.2 Å². The van der Waals surface area contributed by atoms with E-state index < -0.39 is 33.6 Å². The second-order valence-corrected chi connectivity index (χ2v) is 11.3. The first-order chi connectivity index (χ1) is 17.8. The number of methoxy groups -OCH3 is 2. The van der Waals surface area contributed by atoms with Gasteiger partial charge >= 0.3 is 11.9 Å². The summed E-state index contributed by atoms with van der Waals surface area (Å²) in [6.45, 7) is 3.71. The predicted molar refractivity (Wildman–Crippen MR) is 134 cm³/mol. The topological polar surface area (TPSA) is 94.4 Å². The smallest absolute Gasteiger partial charge is 0.314 e. The van der Waals surface area contributed by atoms with E-state index in [4.69, 9.17) is 9.47 Å². The molecule has 188 valence electrons. The predicted octanol–water partition coefficient (Wildman–Crippen LogP) is 4.38. The van der Waals surface area contributed by atoms with Crippen LogP contribution in [0.25, 0.3) is 11.1 Å². The van der Waals surface area contributed by atoms with E-state index in [2.05, 4.69) is 10.2 Å². The number of carbonyl (C=O) groups is 3. The maximum Gasteiger partial charge on any atom is 0.314 e. The zero-order chi connectivity index (χ0) is 26.0. The first kappa shape index (κ1) is 22.6. The van der Waals surface area contributed by atoms with E-state index in [-0.39, 0.29) is 29.7 Å². The van der Waals surface area contributed by atoms with Crippen LogP contribution in [0, 0.1) is 33.5 Å². The van der Waals surface area contributed by atoms with Crippen LogP contribution < -0.4 is 0 Å². The lowest BCUT2D eigenvalue weighted by Crippen LogP contribution is -2.79. The van der Waals surface area contributed by atoms with Gasteiger partial charge in [-0.1, -0.05) is 60.7 Å². The number of hydrogen-bond acceptors (Lipinski definition) is 7. The number of fused-ring (bicyclic) bond motifs is 12. The number of allylic oxidation sites excluding steroid dienone is 2. The molecule has 7 nitrogen and oxygen atoms in total. The fourth-order valence-electron chi connectivity index (χ4n) is 9.81. The highest BCUT2D eigenvalue weighted by Crippen LogP contribution is 2.93. The third-order valence-electron chi connectivity index (χ3n) is 10.6. The van der Waals surface area contributed by atoms with Crippen molar-refractivity contribution >= 4 is 28.9 Å². The molecular formula is C30H28N2O5. The van der Waals surface area contributed by atoms with Crippen molar-refractivity contribution < 1.29 is 23.9 Å². The Bertz CT molecular complexity index is 1350. The summed E-state index contributed by atoms with van der Waals surface area (Å²) in [4.78, 5) is 43.6. The molecule has 2 aromatic rings. The minimum absolute atomic E-state index is 0.137. The van der Waals surface area contributed by atoms with Crippen LogP contribution in [0.3, 0.4) is 0 Å². The molecule has 3 saturated carbocycles. The van der Waals surface area contributed by atoms with Crippen LogP contribution in [0.1, 0.15) is 31.4 Å². The Hall–Kier alpha value is -3.61. The number of esters is 2. The van der Waals surface area contributed by atoms with Crippen LogP contribution in [-0.2, 0) is 23.9 Å². The van der Waals surface area contributed by atoms with Crippen molar-refractivity contribution in [1.82, 2.24) is 0 Å². The van der Waals surface area contributed by atoms with E-state index >= 15 is 4.79 Å². The largest absolute Gasteiger partial charge is 0.469 e. The molecule has 0 unspecified atom stereocenters. The van der Waals surface area contributed by atoms with Crippen LogP contribution in [0.2, 0.25) is 0 Å². The summed E-state index contributed by atoms with van der Waals surface area (Å²) in [6.07, 6.45) is 0.661. The lowest BCUT2D eigenvalue weighted by molar-refractivity contribution is -0.257. The number of Topliss-reactive ketones (excluding diaryl/α,β-unsaturated/α-hetero) is 1. The molecule has 5 aliphatic rings. The number of hydrogen-bond donors (Lipinski definition) is 0. The van der Waals surface area contributed by atoms with Gasteiger partial charge in [-0.05, 0) is 42.5 Å². The van der Waals surface area contributed by atoms with Crippen molar-refractivity contribution in [3.63, 3.8) is 0 Å². The Morgan fingerprint density at radius 3 is 1.46 bits per heavy atom. The molecule has 37 heavy (non-hydrogen) atoms. The van der Waals surface area contributed by atoms with Crippen LogP contribution in [0.5, 0.6) is 0 Å². The molecule has 1 aliphatic heterocycles. The Kier molecular flexibility index (Phi) is 4.16. The molecule has 0 radical (unpaired) electrons. The fourth-order valence-corrected chi connectivity index (χ4v) is 9.81. The SMILES string of the molecule is COC(=O)[C@@]12[C@@H]3[C@@H]([C@@H]4C[C@H]3N=N4)[C@]1(C(=O)OC)[C@]1(C)C(=O)[C@@]2(C)C(c2ccccc2)=C1c1ccccc1. The number of rotatable bonds is 4. The van der Waals surface area contributed by atoms with Gasteiger partial charge in [0.25, 0.3) is 0 Å². The molecule has 8 atom stereocenters. The molecule has 0 saturated heterocycles. The van der Waals surface area contributed by atoms with E-state index in [1.807, 2.05) is 74.5 Å². The molecule has 7 rings (SSSR count). The van der Waals surface area contributed by atoms with Gasteiger partial charge in [0.15, 0.2) is 5.78 Å². The van der Waals surface area contributed by atoms with E-state index in [1.54, 1.807) is 0 Å². The summed E-state index contributed by atoms with van der Waals surface area (Å²) in [7, 11) is 2.68. The first-order valence-electron chi connectivity index (χ1n) is 12.8. The van der Waals surface area contributed by atoms with Gasteiger partial charge < -0.3 is 9.47 Å². The van der Waals surface area contributed by atoms with Crippen molar-refractivity contribution in [3.05, 3.63) is 71.8 Å². The molecule has 3 fully saturated rings. The second-order valence-electron chi connectivity index (χ2n) is 11.3. The quantitative estimate of drug-likeness (QED) is 0.586. The van der Waals surface area contributed by atoms with E-state index in [0.717, 1.165) is 22.3 Å². The van der Waals surface area contributed by atoms with Gasteiger partial charge in [0.2, 0.25) is 0 Å². The lowest BCUT2D eigenvalue weighted by Gasteiger charge is -2.70. The zero-order valence-electron chi connectivity index (χ0n) is 21.2. The van der Waals surface area contributed by atoms with Crippen molar-refractivity contribution in [2.24, 2.45) is 43.7 Å². The highest BCUT2D eigenvalue weighted by Gasteiger charge is 3.01. The maximum atomic E-state index is 15.0. The number of nitrogens with zero attached hydrogens (tertiary/aromatic N) is 2. The zero-order valence-corrected chi connectivity index (χ0v) is 21.2. The molecule has 0 amide bonds. The highest BCUT2D eigenvalue weighted by molar-refractivity contribution is 6.29. The lowest BCUT2D eigenvalue weighted by atomic mass is 9.28. The Morgan fingerprint density at radius 1 is 0.730 bits per heavy atom. The van der Waals surface area contributed by atoms with Crippen molar-refractivity contribution in [3.8, 4) is 0 Å². The molecule has 0 spiro atoms. The number of ketones is 1. The van der Waals surface area contributed by atoms with Crippen molar-refractivity contribution in [2.75, 3.05) is 14.2 Å². The Morgan fingerprint density at radius 2 is 1.11 bits per heavy atom. The molecule has 2 aromatic carbocycles. The number of azo groups is 1. The van der Waals surface area contributed by atoms with Crippen molar-refractivity contribution in [2.45, 2.75) is 32.4 Å². The molecule has 4 aliphatic carbocycles. The average Bonchev–Trinajstić information content (AvgIpc) is 3.57. The number of carbonyl (C=O) groups excluding carboxylic acids is 3. The molecule has 0 N–H and O–H groups in total. The summed E-state index contributed by atoms with van der Waals surface area (Å²) < 4.78 is 11.1. The van der Waals surface area contributed by atoms with Crippen LogP contribution in [0.4, 0.5) is 0 Å². The monoisotopic (exact) mass is 496 g/mol. The third-order valence-corrected chi connectivity index (χ3v) is 10.6. The standard InChI is InChI=1S/C30H28N2O5/c1-27-20(16-11-7-5-8-12-16)21(17-13-9-6-10-14-17)28(2,24(27)33)30(26(35)37-4)23-19-15-18(31-32-19)22(23)29(27,30)25(34)36-3/h5-14,18-19,22-23H,15H2,1-4H3/t18-,19+,22+,23-,27-,28+,29-,30+. The second kappa shape index (κ2) is 6.82. The van der Waals surface area contributed by atoms with Gasteiger partial charge in [-0.15, -0.1) is 0 Å². The molecule has 7 heteroatoms. The normalized spacial score (nSPS) is 41.9. The van der Waals surface area contributed by atoms with Crippen LogP contribution in [0.15, 0.2) is 70.9 Å². The van der Waals surface area contributed by atoms with Crippen LogP contribution >= 0.6 is 0 Å². The number of ether oxygens (including phenoxy) is 2. The van der Waals surface area contributed by atoms with Gasteiger partial charge in [0, 0.05) is 11.8 Å². The summed E-state index contributed by atoms with van der Waals surface area (Å²) in [5.74, 6) is -1.90. The molecule has 0 aromatic heterocycles. The Labute approximate surface area is 214 Å². The van der Waals surface area contributed by atoms with Gasteiger partial charge in [-0.25, -0.2) is 0 Å². The summed E-state index contributed by atoms with van der Waals surface area (Å²) in [6, 6.07) is 19.0. The summed E-state index contributed by atoms with van der Waals surface area (Å²) >= 11 is 0. The molecular weight excluding hydrogens is 468 g/mol. The van der Waals surface area contributed by atoms with E-state index in [9.17, 15) is 9.59 Å². The minimum atomic E-state index is -1.46. The first-order valence-corrected chi connectivity index (χ1v) is 12.8. The van der Waals surface area contributed by atoms with E-state index in [0.29, 0.717) is 6.42 Å². The van der Waals surface area contributed by atoms with Gasteiger partial charge in [0.05, 0.1) is 37.1 Å². The van der Waals surface area contributed by atoms with E-state index in [1.165, 1.54) is 14.2 Å². The fraction of sp³-hybridized carbons (Fsp3) is 0.433. The van der Waals surface area contributed by atoms with Crippen LogP contribution in [-0.4, -0.2) is 44.0 Å². The highest BCUT2D eigenvalue weighted by atomic mass is 16.5. The summed E-state index contributed by atoms with van der Waals surface area (Å²) in [5, 5.41) is 9.00. The minimum Gasteiger partial charge on any atom is -0.469 e. The molecule has 4 bridgehead atoms. The third kappa shape index (κ3) is 1.93. The Balaban J connectivity index is 1.68.